The van der Waals surface area contributed by atoms with Crippen LogP contribution in [0.3, 0.4) is 0 Å². The van der Waals surface area contributed by atoms with Crippen molar-refractivity contribution < 1.29 is 24.2 Å². The van der Waals surface area contributed by atoms with Crippen LogP contribution >= 0.6 is 0 Å². The van der Waals surface area contributed by atoms with Gasteiger partial charge in [-0.2, -0.15) is 0 Å². The molecule has 0 saturated heterocycles. The van der Waals surface area contributed by atoms with E-state index in [1.54, 1.807) is 0 Å². The molecule has 0 amide bonds. The maximum Gasteiger partial charge on any atom is 0.311 e. The molecule has 0 spiro atoms. The molecule has 5 nitrogen and oxygen atoms in total. The van der Waals surface area contributed by atoms with E-state index in [9.17, 15) is 19.5 Å². The summed E-state index contributed by atoms with van der Waals surface area (Å²) >= 11 is 0. The van der Waals surface area contributed by atoms with E-state index in [0.717, 1.165) is 12.8 Å². The van der Waals surface area contributed by atoms with Crippen molar-refractivity contribution in [1.82, 2.24) is 0 Å². The fraction of sp³-hybridized carbons (Fsp3) is 0.667. The van der Waals surface area contributed by atoms with Crippen LogP contribution in [-0.2, 0) is 19.1 Å². The topological polar surface area (TPSA) is 80.7 Å². The fourth-order valence-electron chi connectivity index (χ4n) is 5.72. The molecule has 1 unspecified atom stereocenters. The molecule has 3 rings (SSSR count). The van der Waals surface area contributed by atoms with Crippen LogP contribution in [0.15, 0.2) is 22.5 Å². The number of ketones is 2. The molecule has 0 aliphatic heterocycles. The lowest BCUT2D eigenvalue weighted by atomic mass is 9.48. The molecule has 3 aliphatic rings. The number of carbonyl (C=O) groups is 3. The average molecular weight is 360 g/mol. The monoisotopic (exact) mass is 360 g/mol. The van der Waals surface area contributed by atoms with Gasteiger partial charge in [-0.15, -0.1) is 0 Å². The lowest BCUT2D eigenvalue weighted by Gasteiger charge is -2.54. The molecule has 1 saturated carbocycles. The number of rotatable bonds is 2. The van der Waals surface area contributed by atoms with Gasteiger partial charge in [0.05, 0.1) is 12.5 Å². The zero-order valence-corrected chi connectivity index (χ0v) is 16.3. The van der Waals surface area contributed by atoms with E-state index in [-0.39, 0.29) is 29.1 Å². The first-order chi connectivity index (χ1) is 12.1. The molecule has 3 aliphatic carbocycles. The lowest BCUT2D eigenvalue weighted by Crippen LogP contribution is -2.53. The number of ether oxygens (including phenoxy) is 1. The van der Waals surface area contributed by atoms with E-state index in [0.29, 0.717) is 30.4 Å². The first kappa shape index (κ1) is 18.9. The summed E-state index contributed by atoms with van der Waals surface area (Å²) in [6.45, 7) is 7.51. The van der Waals surface area contributed by atoms with Crippen LogP contribution in [-0.4, -0.2) is 29.8 Å². The van der Waals surface area contributed by atoms with Gasteiger partial charge in [0.1, 0.15) is 5.76 Å². The van der Waals surface area contributed by atoms with Crippen molar-refractivity contribution in [3.63, 3.8) is 0 Å². The molecule has 0 heterocycles. The van der Waals surface area contributed by atoms with Gasteiger partial charge in [0.15, 0.2) is 0 Å². The van der Waals surface area contributed by atoms with Crippen molar-refractivity contribution in [2.45, 2.75) is 59.8 Å². The molecule has 0 radical (unpaired) electrons. The molecule has 0 aromatic carbocycles. The third-order valence-electron chi connectivity index (χ3n) is 6.93. The summed E-state index contributed by atoms with van der Waals surface area (Å²) in [5.74, 6) is -1.65. The molecular formula is C21H28O5. The molecule has 142 valence electrons. The number of carbonyl (C=O) groups excluding carboxylic acids is 3. The first-order valence-corrected chi connectivity index (χ1v) is 9.44. The normalized spacial score (nSPS) is 34.8. The number of esters is 1. The van der Waals surface area contributed by atoms with Crippen molar-refractivity contribution in [2.24, 2.45) is 22.7 Å². The highest BCUT2D eigenvalue weighted by atomic mass is 16.5. The Labute approximate surface area is 154 Å². The minimum Gasteiger partial charge on any atom is -0.507 e. The highest BCUT2D eigenvalue weighted by molar-refractivity contribution is 6.50. The van der Waals surface area contributed by atoms with Crippen molar-refractivity contribution >= 4 is 17.5 Å². The number of aliphatic hydroxyl groups excluding tert-OH is 1. The van der Waals surface area contributed by atoms with E-state index in [1.807, 2.05) is 27.7 Å². The van der Waals surface area contributed by atoms with Gasteiger partial charge in [0.25, 0.3) is 0 Å². The largest absolute Gasteiger partial charge is 0.507 e. The van der Waals surface area contributed by atoms with Crippen LogP contribution in [0.1, 0.15) is 59.8 Å². The molecule has 0 aromatic rings. The predicted molar refractivity (Wildman–Crippen MR) is 96.3 cm³/mol. The number of hydrogen-bond acceptors (Lipinski definition) is 5. The third-order valence-corrected chi connectivity index (χ3v) is 6.93. The molecule has 1 N–H and O–H groups in total. The molecular weight excluding hydrogens is 332 g/mol. The quantitative estimate of drug-likeness (QED) is 0.461. The molecule has 0 bridgehead atoms. The van der Waals surface area contributed by atoms with E-state index >= 15 is 0 Å². The van der Waals surface area contributed by atoms with Gasteiger partial charge in [-0.3, -0.25) is 14.4 Å². The Bertz CT molecular complexity index is 756. The highest BCUT2D eigenvalue weighted by Crippen LogP contribution is 2.61. The van der Waals surface area contributed by atoms with Crippen molar-refractivity contribution in [2.75, 3.05) is 7.11 Å². The summed E-state index contributed by atoms with van der Waals surface area (Å²) in [6.07, 6.45) is 3.41. The Balaban J connectivity index is 2.19. The summed E-state index contributed by atoms with van der Waals surface area (Å²) in [5, 5.41) is 10.8. The number of allylic oxidation sites excluding steroid dienone is 3. The minimum atomic E-state index is -0.679. The van der Waals surface area contributed by atoms with Crippen LogP contribution in [0, 0.1) is 22.7 Å². The summed E-state index contributed by atoms with van der Waals surface area (Å²) in [4.78, 5) is 38.3. The fourth-order valence-corrected chi connectivity index (χ4v) is 5.72. The highest BCUT2D eigenvalue weighted by Gasteiger charge is 2.59. The molecule has 1 fully saturated rings. The summed E-state index contributed by atoms with van der Waals surface area (Å²) in [7, 11) is 1.39. The van der Waals surface area contributed by atoms with Gasteiger partial charge in [-0.1, -0.05) is 27.2 Å². The van der Waals surface area contributed by atoms with Crippen LogP contribution in [0.4, 0.5) is 0 Å². The maximum absolute atomic E-state index is 13.1. The zero-order valence-electron chi connectivity index (χ0n) is 16.3. The van der Waals surface area contributed by atoms with Gasteiger partial charge >= 0.3 is 5.97 Å². The Morgan fingerprint density at radius 1 is 1.19 bits per heavy atom. The Kier molecular flexibility index (Phi) is 4.40. The molecule has 5 heteroatoms. The van der Waals surface area contributed by atoms with Crippen LogP contribution < -0.4 is 0 Å². The first-order valence-electron chi connectivity index (χ1n) is 9.44. The van der Waals surface area contributed by atoms with E-state index < -0.39 is 22.4 Å². The Morgan fingerprint density at radius 3 is 2.42 bits per heavy atom. The SMILES string of the molecule is COC(=O)[C@]1(C)CCC[C@]2(C)C3=C(CCC12)C(O)=C(C(C)C)C(=O)C3=O. The molecule has 26 heavy (non-hydrogen) atoms. The second-order valence-corrected chi connectivity index (χ2v) is 8.70. The van der Waals surface area contributed by atoms with Crippen molar-refractivity contribution in [3.05, 3.63) is 22.5 Å². The van der Waals surface area contributed by atoms with Gasteiger partial charge in [-0.05, 0) is 44.4 Å². The lowest BCUT2D eigenvalue weighted by molar-refractivity contribution is -0.163. The standard InChI is InChI=1S/C21H28O5/c1-11(2)14-16(22)12-7-8-13-20(3,15(12)18(24)17(14)23)9-6-10-21(13,4)19(25)26-5/h11,13,22H,6-10H2,1-5H3/t13?,20-,21+/m0/s1. The van der Waals surface area contributed by atoms with Gasteiger partial charge in [-0.25, -0.2) is 0 Å². The van der Waals surface area contributed by atoms with E-state index in [1.165, 1.54) is 7.11 Å². The Morgan fingerprint density at radius 2 is 1.85 bits per heavy atom. The number of aliphatic hydroxyl groups is 1. The Hall–Kier alpha value is -1.91. The average Bonchev–Trinajstić information content (AvgIpc) is 2.57. The van der Waals surface area contributed by atoms with Crippen LogP contribution in [0.5, 0.6) is 0 Å². The zero-order chi connectivity index (χ0) is 19.4. The van der Waals surface area contributed by atoms with Crippen LogP contribution in [0.25, 0.3) is 0 Å². The third kappa shape index (κ3) is 2.32. The second kappa shape index (κ2) is 6.07. The number of Topliss-reactive ketones (excluding diaryl/α,β-unsaturated/α-hetero) is 2. The summed E-state index contributed by atoms with van der Waals surface area (Å²) in [5.41, 5.74) is 0.00297. The minimum absolute atomic E-state index is 0.00961. The predicted octanol–water partition coefficient (Wildman–Crippen LogP) is 3.68. The van der Waals surface area contributed by atoms with E-state index in [2.05, 4.69) is 0 Å². The van der Waals surface area contributed by atoms with Gasteiger partial charge < -0.3 is 9.84 Å². The maximum atomic E-state index is 13.1. The summed E-state index contributed by atoms with van der Waals surface area (Å²) in [6, 6.07) is 0. The summed E-state index contributed by atoms with van der Waals surface area (Å²) < 4.78 is 5.07. The van der Waals surface area contributed by atoms with Gasteiger partial charge in [0, 0.05) is 22.1 Å². The second-order valence-electron chi connectivity index (χ2n) is 8.70. The molecule has 0 aromatic heterocycles. The van der Waals surface area contributed by atoms with Gasteiger partial charge in [0.2, 0.25) is 11.6 Å². The molecule has 3 atom stereocenters. The number of hydrogen-bond donors (Lipinski definition) is 1. The van der Waals surface area contributed by atoms with E-state index in [4.69, 9.17) is 4.74 Å². The number of methoxy groups -OCH3 is 1. The van der Waals surface area contributed by atoms with Crippen LogP contribution in [0.2, 0.25) is 0 Å². The smallest absolute Gasteiger partial charge is 0.311 e. The van der Waals surface area contributed by atoms with Crippen molar-refractivity contribution in [1.29, 1.82) is 0 Å². The van der Waals surface area contributed by atoms with Crippen molar-refractivity contribution in [3.8, 4) is 0 Å². The number of fused-ring (bicyclic) bond motifs is 2.